The number of hydrogen-bond donors (Lipinski definition) is 2. The first kappa shape index (κ1) is 14.2. The summed E-state index contributed by atoms with van der Waals surface area (Å²) in [7, 11) is 0. The summed E-state index contributed by atoms with van der Waals surface area (Å²) in [5.41, 5.74) is 5.81. The van der Waals surface area contributed by atoms with Crippen LogP contribution >= 0.6 is 11.6 Å². The molecule has 0 fully saturated rings. The molecule has 0 saturated carbocycles. The van der Waals surface area contributed by atoms with Gasteiger partial charge in [0.25, 0.3) is 0 Å². The highest BCUT2D eigenvalue weighted by atomic mass is 35.5. The van der Waals surface area contributed by atoms with Crippen LogP contribution in [0.2, 0.25) is 5.22 Å². The second-order valence-electron chi connectivity index (χ2n) is 4.56. The predicted molar refractivity (Wildman–Crippen MR) is 79.6 cm³/mol. The van der Waals surface area contributed by atoms with E-state index in [1.807, 2.05) is 18.2 Å². The fourth-order valence-corrected chi connectivity index (χ4v) is 2.21. The maximum Gasteiger partial charge on any atom is 0.305 e. The molecular weight excluding hydrogens is 308 g/mol. The van der Waals surface area contributed by atoms with Crippen LogP contribution in [-0.4, -0.2) is 11.8 Å². The molecule has 0 spiro atoms. The van der Waals surface area contributed by atoms with Crippen molar-refractivity contribution < 1.29 is 18.4 Å². The molecule has 0 bridgehead atoms. The zero-order chi connectivity index (χ0) is 15.7. The van der Waals surface area contributed by atoms with Crippen molar-refractivity contribution in [3.63, 3.8) is 0 Å². The smallest absolute Gasteiger partial charge is 0.305 e. The number of hydrazine groups is 1. The van der Waals surface area contributed by atoms with Crippen LogP contribution < -0.4 is 10.9 Å². The second-order valence-corrected chi connectivity index (χ2v) is 4.94. The van der Waals surface area contributed by atoms with Crippen molar-refractivity contribution in [3.8, 4) is 0 Å². The summed E-state index contributed by atoms with van der Waals surface area (Å²) in [6.45, 7) is 1.77. The summed E-state index contributed by atoms with van der Waals surface area (Å²) < 4.78 is 10.4. The zero-order valence-corrected chi connectivity index (χ0v) is 12.2. The SMILES string of the molecule is Cc1c(C(=O)NNC(=O)c2ccc(Cl)o2)oc2ccccc12. The van der Waals surface area contributed by atoms with Gasteiger partial charge in [-0.25, -0.2) is 0 Å². The predicted octanol–water partition coefficient (Wildman–Crippen LogP) is 3.06. The number of hydrogen-bond acceptors (Lipinski definition) is 4. The minimum atomic E-state index is -0.617. The van der Waals surface area contributed by atoms with Crippen molar-refractivity contribution in [1.82, 2.24) is 10.9 Å². The first-order chi connectivity index (χ1) is 10.6. The number of benzene rings is 1. The lowest BCUT2D eigenvalue weighted by Crippen LogP contribution is -2.41. The molecule has 0 saturated heterocycles. The molecule has 1 aromatic carbocycles. The summed E-state index contributed by atoms with van der Waals surface area (Å²) in [6, 6.07) is 10.1. The minimum absolute atomic E-state index is 0.00775. The van der Waals surface area contributed by atoms with Crippen molar-refractivity contribution in [1.29, 1.82) is 0 Å². The Morgan fingerprint density at radius 3 is 2.41 bits per heavy atom. The summed E-state index contributed by atoms with van der Waals surface area (Å²) in [4.78, 5) is 23.8. The Morgan fingerprint density at radius 2 is 1.73 bits per heavy atom. The Labute approximate surface area is 130 Å². The molecule has 0 aliphatic heterocycles. The van der Waals surface area contributed by atoms with Crippen LogP contribution in [-0.2, 0) is 0 Å². The van der Waals surface area contributed by atoms with Gasteiger partial charge < -0.3 is 8.83 Å². The Morgan fingerprint density at radius 1 is 1.00 bits per heavy atom. The average Bonchev–Trinajstić information content (AvgIpc) is 3.09. The van der Waals surface area contributed by atoms with Gasteiger partial charge in [-0.2, -0.15) is 0 Å². The molecule has 2 amide bonds. The highest BCUT2D eigenvalue weighted by molar-refractivity contribution is 6.29. The molecule has 2 N–H and O–H groups in total. The molecule has 0 aliphatic rings. The fraction of sp³-hybridized carbons (Fsp3) is 0.0667. The standard InChI is InChI=1S/C15H11ClN2O4/c1-8-9-4-2-3-5-10(9)22-13(8)15(20)18-17-14(19)11-6-7-12(16)21-11/h2-7H,1H3,(H,17,19)(H,18,20). The lowest BCUT2D eigenvalue weighted by atomic mass is 10.1. The van der Waals surface area contributed by atoms with Gasteiger partial charge in [0.2, 0.25) is 0 Å². The molecule has 0 atom stereocenters. The minimum Gasteiger partial charge on any atom is -0.451 e. The summed E-state index contributed by atoms with van der Waals surface area (Å²) in [5, 5.41) is 0.932. The van der Waals surface area contributed by atoms with E-state index in [1.165, 1.54) is 12.1 Å². The lowest BCUT2D eigenvalue weighted by Gasteiger charge is -2.04. The van der Waals surface area contributed by atoms with Crippen LogP contribution in [0.25, 0.3) is 11.0 Å². The zero-order valence-electron chi connectivity index (χ0n) is 11.5. The maximum absolute atomic E-state index is 12.1. The highest BCUT2D eigenvalue weighted by Gasteiger charge is 2.18. The third-order valence-corrected chi connectivity index (χ3v) is 3.34. The Bertz CT molecular complexity index is 865. The first-order valence-corrected chi connectivity index (χ1v) is 6.78. The molecule has 7 heteroatoms. The van der Waals surface area contributed by atoms with Crippen LogP contribution in [0.3, 0.4) is 0 Å². The third-order valence-electron chi connectivity index (χ3n) is 3.14. The number of nitrogens with one attached hydrogen (secondary N) is 2. The number of rotatable bonds is 2. The van der Waals surface area contributed by atoms with E-state index in [9.17, 15) is 9.59 Å². The number of para-hydroxylation sites is 1. The van der Waals surface area contributed by atoms with Crippen LogP contribution in [0.15, 0.2) is 45.2 Å². The molecule has 0 unspecified atom stereocenters. The Balaban J connectivity index is 1.73. The summed E-state index contributed by atoms with van der Waals surface area (Å²) in [5.74, 6) is -1.04. The second kappa shape index (κ2) is 5.57. The molecule has 2 aromatic heterocycles. The number of halogens is 1. The van der Waals surface area contributed by atoms with Gasteiger partial charge in [0.15, 0.2) is 16.7 Å². The van der Waals surface area contributed by atoms with E-state index in [1.54, 1.807) is 13.0 Å². The van der Waals surface area contributed by atoms with E-state index in [4.69, 9.17) is 20.4 Å². The van der Waals surface area contributed by atoms with Gasteiger partial charge in [0.1, 0.15) is 5.58 Å². The summed E-state index contributed by atoms with van der Waals surface area (Å²) >= 11 is 5.58. The largest absolute Gasteiger partial charge is 0.451 e. The number of amides is 2. The number of aryl methyl sites for hydroxylation is 1. The average molecular weight is 319 g/mol. The molecule has 3 aromatic rings. The monoisotopic (exact) mass is 318 g/mol. The summed E-state index contributed by atoms with van der Waals surface area (Å²) in [6.07, 6.45) is 0. The Hall–Kier alpha value is -2.73. The molecule has 2 heterocycles. The topological polar surface area (TPSA) is 84.5 Å². The van der Waals surface area contributed by atoms with Crippen molar-refractivity contribution in [2.75, 3.05) is 0 Å². The van der Waals surface area contributed by atoms with Gasteiger partial charge in [0, 0.05) is 10.9 Å². The van der Waals surface area contributed by atoms with Crippen LogP contribution in [0, 0.1) is 6.92 Å². The normalized spacial score (nSPS) is 10.6. The highest BCUT2D eigenvalue weighted by Crippen LogP contribution is 2.24. The van der Waals surface area contributed by atoms with Crippen molar-refractivity contribution in [2.24, 2.45) is 0 Å². The lowest BCUT2D eigenvalue weighted by molar-refractivity contribution is 0.0817. The van der Waals surface area contributed by atoms with E-state index < -0.39 is 11.8 Å². The van der Waals surface area contributed by atoms with Crippen molar-refractivity contribution in [2.45, 2.75) is 6.92 Å². The molecule has 112 valence electrons. The number of carbonyl (C=O) groups excluding carboxylic acids is 2. The van der Waals surface area contributed by atoms with Crippen molar-refractivity contribution >= 4 is 34.4 Å². The van der Waals surface area contributed by atoms with Crippen LogP contribution in [0.1, 0.15) is 26.7 Å². The number of carbonyl (C=O) groups is 2. The Kier molecular flexibility index (Phi) is 3.60. The number of fused-ring (bicyclic) bond motifs is 1. The first-order valence-electron chi connectivity index (χ1n) is 6.40. The quantitative estimate of drug-likeness (QED) is 0.711. The van der Waals surface area contributed by atoms with Gasteiger partial charge in [-0.15, -0.1) is 0 Å². The molecule has 0 aliphatic carbocycles. The van der Waals surface area contributed by atoms with E-state index in [0.29, 0.717) is 11.1 Å². The third kappa shape index (κ3) is 2.56. The molecular formula is C15H11ClN2O4. The van der Waals surface area contributed by atoms with Crippen LogP contribution in [0.5, 0.6) is 0 Å². The van der Waals surface area contributed by atoms with E-state index in [0.717, 1.165) is 5.39 Å². The van der Waals surface area contributed by atoms with E-state index >= 15 is 0 Å². The van der Waals surface area contributed by atoms with Crippen LogP contribution in [0.4, 0.5) is 0 Å². The van der Waals surface area contributed by atoms with Gasteiger partial charge in [-0.3, -0.25) is 20.4 Å². The van der Waals surface area contributed by atoms with E-state index in [-0.39, 0.29) is 16.7 Å². The molecule has 3 rings (SSSR count). The van der Waals surface area contributed by atoms with Gasteiger partial charge in [-0.1, -0.05) is 18.2 Å². The molecule has 6 nitrogen and oxygen atoms in total. The van der Waals surface area contributed by atoms with Gasteiger partial charge in [0.05, 0.1) is 0 Å². The fourth-order valence-electron chi connectivity index (χ4n) is 2.06. The maximum atomic E-state index is 12.1. The molecule has 0 radical (unpaired) electrons. The van der Waals surface area contributed by atoms with E-state index in [2.05, 4.69) is 10.9 Å². The van der Waals surface area contributed by atoms with Gasteiger partial charge >= 0.3 is 11.8 Å². The molecule has 22 heavy (non-hydrogen) atoms. The van der Waals surface area contributed by atoms with Crippen molar-refractivity contribution in [3.05, 3.63) is 58.7 Å². The van der Waals surface area contributed by atoms with Gasteiger partial charge in [-0.05, 0) is 36.7 Å². The number of furan rings is 2.